The number of ether oxygens (including phenoxy) is 3. The van der Waals surface area contributed by atoms with Crippen LogP contribution in [0.15, 0.2) is 49.0 Å². The lowest BCUT2D eigenvalue weighted by atomic mass is 10.2. The van der Waals surface area contributed by atoms with E-state index < -0.39 is 11.9 Å². The second-order valence-corrected chi connectivity index (χ2v) is 5.58. The van der Waals surface area contributed by atoms with Crippen LogP contribution in [0.3, 0.4) is 0 Å². The third-order valence-corrected chi connectivity index (χ3v) is 3.14. The zero-order valence-electron chi connectivity index (χ0n) is 13.4. The number of carbonyl (C=O) groups is 1. The summed E-state index contributed by atoms with van der Waals surface area (Å²) >= 11 is 0. The number of anilines is 1. The van der Waals surface area contributed by atoms with Crippen molar-refractivity contribution in [2.75, 3.05) is 5.32 Å². The predicted octanol–water partition coefficient (Wildman–Crippen LogP) is 3.31. The van der Waals surface area contributed by atoms with Crippen molar-refractivity contribution in [3.05, 3.63) is 60.4 Å². The van der Waals surface area contributed by atoms with E-state index in [4.69, 9.17) is 14.2 Å². The van der Waals surface area contributed by atoms with Crippen LogP contribution in [-0.2, 0) is 20.8 Å². The van der Waals surface area contributed by atoms with Crippen molar-refractivity contribution >= 4 is 17.5 Å². The SMILES string of the molecule is CC1(C)OC=C(c2ncc(NC(=O)OCc3ccccc3)cn2)O1. The molecule has 7 nitrogen and oxygen atoms in total. The van der Waals surface area contributed by atoms with Crippen LogP contribution in [-0.4, -0.2) is 21.8 Å². The van der Waals surface area contributed by atoms with Gasteiger partial charge in [0.1, 0.15) is 12.9 Å². The largest absolute Gasteiger partial charge is 0.457 e. The molecule has 0 bridgehead atoms. The van der Waals surface area contributed by atoms with Crippen LogP contribution >= 0.6 is 0 Å². The van der Waals surface area contributed by atoms with Gasteiger partial charge in [-0.15, -0.1) is 0 Å². The molecule has 0 unspecified atom stereocenters. The zero-order valence-corrected chi connectivity index (χ0v) is 13.4. The molecule has 1 N–H and O–H groups in total. The fourth-order valence-electron chi connectivity index (χ4n) is 2.00. The highest BCUT2D eigenvalue weighted by Crippen LogP contribution is 2.29. The van der Waals surface area contributed by atoms with Gasteiger partial charge in [-0.3, -0.25) is 5.32 Å². The predicted molar refractivity (Wildman–Crippen MR) is 86.5 cm³/mol. The summed E-state index contributed by atoms with van der Waals surface area (Å²) in [4.78, 5) is 20.1. The Bertz CT molecular complexity index is 742. The molecule has 2 aromatic rings. The maximum absolute atomic E-state index is 11.8. The van der Waals surface area contributed by atoms with Gasteiger partial charge in [0, 0.05) is 13.8 Å². The van der Waals surface area contributed by atoms with Crippen molar-refractivity contribution in [2.24, 2.45) is 0 Å². The van der Waals surface area contributed by atoms with Gasteiger partial charge in [0.25, 0.3) is 0 Å². The molecule has 3 rings (SSSR count). The third-order valence-electron chi connectivity index (χ3n) is 3.14. The normalized spacial score (nSPS) is 15.0. The average molecular weight is 327 g/mol. The molecule has 24 heavy (non-hydrogen) atoms. The Morgan fingerprint density at radius 3 is 2.54 bits per heavy atom. The van der Waals surface area contributed by atoms with E-state index in [1.165, 1.54) is 18.7 Å². The van der Waals surface area contributed by atoms with Crippen LogP contribution in [0.1, 0.15) is 25.2 Å². The molecular formula is C17H17N3O4. The molecule has 1 aliphatic heterocycles. The van der Waals surface area contributed by atoms with Crippen molar-refractivity contribution in [3.63, 3.8) is 0 Å². The van der Waals surface area contributed by atoms with Crippen molar-refractivity contribution in [3.8, 4) is 0 Å². The standard InChI is InChI=1S/C17H17N3O4/c1-17(2)23-11-14(24-17)15-18-8-13(9-19-15)20-16(21)22-10-12-6-4-3-5-7-12/h3-9,11H,10H2,1-2H3,(H,20,21). The molecule has 0 saturated heterocycles. The number of nitrogens with one attached hydrogen (secondary N) is 1. The Kier molecular flexibility index (Phi) is 4.33. The minimum absolute atomic E-state index is 0.193. The molecule has 1 amide bonds. The smallest absolute Gasteiger partial charge is 0.412 e. The summed E-state index contributed by atoms with van der Waals surface area (Å²) in [6.45, 7) is 3.77. The number of benzene rings is 1. The molecule has 0 spiro atoms. The first-order valence-corrected chi connectivity index (χ1v) is 7.39. The molecule has 0 fully saturated rings. The van der Waals surface area contributed by atoms with Crippen LogP contribution in [0.25, 0.3) is 5.76 Å². The Labute approximate surface area is 139 Å². The fourth-order valence-corrected chi connectivity index (χ4v) is 2.00. The minimum atomic E-state index is -0.725. The Hall–Kier alpha value is -3.09. The number of hydrogen-bond acceptors (Lipinski definition) is 6. The Balaban J connectivity index is 1.53. The maximum atomic E-state index is 11.8. The molecule has 0 radical (unpaired) electrons. The van der Waals surface area contributed by atoms with E-state index in [9.17, 15) is 4.79 Å². The maximum Gasteiger partial charge on any atom is 0.412 e. The second kappa shape index (κ2) is 6.57. The topological polar surface area (TPSA) is 82.6 Å². The molecule has 1 aromatic carbocycles. The van der Waals surface area contributed by atoms with Crippen molar-refractivity contribution < 1.29 is 19.0 Å². The number of rotatable bonds is 4. The molecule has 0 atom stereocenters. The van der Waals surface area contributed by atoms with E-state index in [0.717, 1.165) is 5.56 Å². The highest BCUT2D eigenvalue weighted by Gasteiger charge is 2.29. The quantitative estimate of drug-likeness (QED) is 0.927. The van der Waals surface area contributed by atoms with Gasteiger partial charge < -0.3 is 14.2 Å². The van der Waals surface area contributed by atoms with Crippen molar-refractivity contribution in [1.29, 1.82) is 0 Å². The van der Waals surface area contributed by atoms with Gasteiger partial charge in [0.05, 0.1) is 18.1 Å². The fraction of sp³-hybridized carbons (Fsp3) is 0.235. The molecule has 124 valence electrons. The number of carbonyl (C=O) groups excluding carboxylic acids is 1. The van der Waals surface area contributed by atoms with Crippen LogP contribution in [0.4, 0.5) is 10.5 Å². The summed E-state index contributed by atoms with van der Waals surface area (Å²) in [7, 11) is 0. The van der Waals surface area contributed by atoms with Gasteiger partial charge >= 0.3 is 6.09 Å². The first-order valence-electron chi connectivity index (χ1n) is 7.39. The molecule has 0 aliphatic carbocycles. The van der Waals surface area contributed by atoms with E-state index in [0.29, 0.717) is 17.3 Å². The van der Waals surface area contributed by atoms with Gasteiger partial charge in [0.15, 0.2) is 5.82 Å². The highest BCUT2D eigenvalue weighted by atomic mass is 16.7. The molecule has 2 heterocycles. The minimum Gasteiger partial charge on any atom is -0.457 e. The molecule has 1 aliphatic rings. The van der Waals surface area contributed by atoms with E-state index in [-0.39, 0.29) is 6.61 Å². The van der Waals surface area contributed by atoms with Gasteiger partial charge in [-0.2, -0.15) is 0 Å². The Morgan fingerprint density at radius 1 is 1.21 bits per heavy atom. The van der Waals surface area contributed by atoms with Crippen LogP contribution in [0.5, 0.6) is 0 Å². The molecule has 1 aromatic heterocycles. The monoisotopic (exact) mass is 327 g/mol. The second-order valence-electron chi connectivity index (χ2n) is 5.58. The summed E-state index contributed by atoms with van der Waals surface area (Å²) in [5.74, 6) is 0.0959. The lowest BCUT2D eigenvalue weighted by Crippen LogP contribution is -2.20. The van der Waals surface area contributed by atoms with Crippen molar-refractivity contribution in [2.45, 2.75) is 26.2 Å². The molecular weight excluding hydrogens is 310 g/mol. The summed E-state index contributed by atoms with van der Waals surface area (Å²) in [5, 5.41) is 2.57. The highest BCUT2D eigenvalue weighted by molar-refractivity contribution is 5.84. The number of nitrogens with zero attached hydrogens (tertiary/aromatic N) is 2. The van der Waals surface area contributed by atoms with Gasteiger partial charge in [-0.05, 0) is 5.56 Å². The van der Waals surface area contributed by atoms with Crippen LogP contribution in [0.2, 0.25) is 0 Å². The number of aromatic nitrogens is 2. The molecule has 0 saturated carbocycles. The first kappa shape index (κ1) is 15.8. The zero-order chi connectivity index (χ0) is 17.0. The summed E-state index contributed by atoms with van der Waals surface area (Å²) in [6, 6.07) is 9.42. The summed E-state index contributed by atoms with van der Waals surface area (Å²) < 4.78 is 16.0. The molecule has 7 heteroatoms. The van der Waals surface area contributed by atoms with E-state index >= 15 is 0 Å². The summed E-state index contributed by atoms with van der Waals surface area (Å²) in [6.07, 6.45) is 3.84. The number of hydrogen-bond donors (Lipinski definition) is 1. The van der Waals surface area contributed by atoms with Crippen molar-refractivity contribution in [1.82, 2.24) is 9.97 Å². The van der Waals surface area contributed by atoms with E-state index in [1.807, 2.05) is 30.3 Å². The van der Waals surface area contributed by atoms with Gasteiger partial charge in [-0.25, -0.2) is 14.8 Å². The lowest BCUT2D eigenvalue weighted by Gasteiger charge is -2.17. The Morgan fingerprint density at radius 2 is 1.92 bits per heavy atom. The first-order chi connectivity index (χ1) is 11.5. The van der Waals surface area contributed by atoms with Gasteiger partial charge in [0.2, 0.25) is 11.5 Å². The van der Waals surface area contributed by atoms with Gasteiger partial charge in [-0.1, -0.05) is 30.3 Å². The average Bonchev–Trinajstić information content (AvgIpc) is 2.95. The third kappa shape index (κ3) is 4.01. The summed E-state index contributed by atoms with van der Waals surface area (Å²) in [5.41, 5.74) is 1.34. The lowest BCUT2D eigenvalue weighted by molar-refractivity contribution is -0.102. The van der Waals surface area contributed by atoms with Crippen LogP contribution < -0.4 is 5.32 Å². The van der Waals surface area contributed by atoms with E-state index in [1.54, 1.807) is 13.8 Å². The number of amides is 1. The van der Waals surface area contributed by atoms with E-state index in [2.05, 4.69) is 15.3 Å². The van der Waals surface area contributed by atoms with Crippen LogP contribution in [0, 0.1) is 0 Å².